The summed E-state index contributed by atoms with van der Waals surface area (Å²) in [6, 6.07) is 8.23. The van der Waals surface area contributed by atoms with Gasteiger partial charge >= 0.3 is 18.1 Å². The van der Waals surface area contributed by atoms with Gasteiger partial charge in [0.15, 0.2) is 6.10 Å². The molecule has 1 aromatic rings. The lowest BCUT2D eigenvalue weighted by Gasteiger charge is -2.25. The van der Waals surface area contributed by atoms with E-state index < -0.39 is 48.6 Å². The van der Waals surface area contributed by atoms with Crippen LogP contribution in [0.3, 0.4) is 0 Å². The molecular weight excluding hydrogens is 353 g/mol. The fourth-order valence-corrected chi connectivity index (χ4v) is 2.18. The topological polar surface area (TPSA) is 72.8 Å². The Bertz CT molecular complexity index is 593. The van der Waals surface area contributed by atoms with Crippen LogP contribution in [0.4, 0.5) is 13.2 Å². The zero-order valence-electron chi connectivity index (χ0n) is 14.9. The lowest BCUT2D eigenvalue weighted by molar-refractivity contribution is -0.229. The van der Waals surface area contributed by atoms with Gasteiger partial charge in [0.2, 0.25) is 0 Å². The van der Waals surface area contributed by atoms with E-state index in [0.29, 0.717) is 5.56 Å². The Labute approximate surface area is 150 Å². The second-order valence-corrected chi connectivity index (χ2v) is 6.89. The van der Waals surface area contributed by atoms with Crippen molar-refractivity contribution in [3.05, 3.63) is 35.9 Å². The maximum Gasteiger partial charge on any atom is 0.414 e. The zero-order chi connectivity index (χ0) is 20.0. The van der Waals surface area contributed by atoms with E-state index in [1.54, 1.807) is 51.1 Å². The Morgan fingerprint density at radius 3 is 2.15 bits per heavy atom. The predicted molar refractivity (Wildman–Crippen MR) is 87.3 cm³/mol. The molecule has 0 aliphatic rings. The van der Waals surface area contributed by atoms with Crippen molar-refractivity contribution < 1.29 is 37.3 Å². The van der Waals surface area contributed by atoms with Gasteiger partial charge < -0.3 is 14.6 Å². The molecule has 2 atom stereocenters. The molecule has 0 aliphatic heterocycles. The van der Waals surface area contributed by atoms with Crippen molar-refractivity contribution in [2.45, 2.75) is 58.1 Å². The van der Waals surface area contributed by atoms with Crippen LogP contribution < -0.4 is 0 Å². The van der Waals surface area contributed by atoms with E-state index >= 15 is 0 Å². The summed E-state index contributed by atoms with van der Waals surface area (Å²) in [7, 11) is 0. The molecule has 0 aliphatic carbocycles. The Kier molecular flexibility index (Phi) is 7.62. The highest BCUT2D eigenvalue weighted by molar-refractivity contribution is 5.79. The first-order valence-corrected chi connectivity index (χ1v) is 8.05. The van der Waals surface area contributed by atoms with Gasteiger partial charge in [-0.15, -0.1) is 0 Å². The molecular formula is C18H23F3O5. The largest absolute Gasteiger partial charge is 0.481 e. The Balaban J connectivity index is 2.78. The van der Waals surface area contributed by atoms with Crippen LogP contribution in [0.1, 0.15) is 39.2 Å². The Hall–Kier alpha value is -2.09. The molecule has 0 saturated carbocycles. The molecule has 5 nitrogen and oxygen atoms in total. The molecule has 0 fully saturated rings. The van der Waals surface area contributed by atoms with Gasteiger partial charge in [-0.25, -0.2) is 0 Å². The van der Waals surface area contributed by atoms with E-state index in [2.05, 4.69) is 0 Å². The first-order chi connectivity index (χ1) is 11.9. The number of aliphatic carboxylic acids is 1. The van der Waals surface area contributed by atoms with Crippen molar-refractivity contribution in [2.75, 3.05) is 0 Å². The number of carbonyl (C=O) groups is 2. The van der Waals surface area contributed by atoms with Crippen molar-refractivity contribution in [1.29, 1.82) is 0 Å². The SMILES string of the molecule is CC(C)(C)OC(=O)C[C@H](CC(OCc1ccccc1)C(F)(F)F)C(=O)O. The molecule has 1 aromatic carbocycles. The van der Waals surface area contributed by atoms with Crippen molar-refractivity contribution in [1.82, 2.24) is 0 Å². The standard InChI is InChI=1S/C18H23F3O5/c1-17(2,3)26-15(22)10-13(16(23)24)9-14(18(19,20)21)25-11-12-7-5-4-6-8-12/h4-8,13-14H,9-11H2,1-3H3,(H,23,24)/t13-,14?/m0/s1. The van der Waals surface area contributed by atoms with Crippen LogP contribution >= 0.6 is 0 Å². The summed E-state index contributed by atoms with van der Waals surface area (Å²) in [4.78, 5) is 23.1. The van der Waals surface area contributed by atoms with Crippen molar-refractivity contribution in [2.24, 2.45) is 5.92 Å². The van der Waals surface area contributed by atoms with E-state index in [1.807, 2.05) is 0 Å². The summed E-state index contributed by atoms with van der Waals surface area (Å²) in [6.45, 7) is 4.44. The first kappa shape index (κ1) is 22.0. The molecule has 0 aromatic heterocycles. The molecule has 1 N–H and O–H groups in total. The third-order valence-electron chi connectivity index (χ3n) is 3.34. The van der Waals surface area contributed by atoms with Gasteiger partial charge in [0.05, 0.1) is 18.9 Å². The van der Waals surface area contributed by atoms with Crippen LogP contribution in [-0.2, 0) is 25.7 Å². The molecule has 1 unspecified atom stereocenters. The molecule has 26 heavy (non-hydrogen) atoms. The number of benzene rings is 1. The average molecular weight is 376 g/mol. The summed E-state index contributed by atoms with van der Waals surface area (Å²) in [5, 5.41) is 9.19. The van der Waals surface area contributed by atoms with Gasteiger partial charge in [-0.2, -0.15) is 13.2 Å². The summed E-state index contributed by atoms with van der Waals surface area (Å²) in [5.74, 6) is -3.94. The molecule has 146 valence electrons. The molecule has 1 rings (SSSR count). The smallest absolute Gasteiger partial charge is 0.414 e. The molecule has 0 spiro atoms. The fourth-order valence-electron chi connectivity index (χ4n) is 2.18. The lowest BCUT2D eigenvalue weighted by atomic mass is 9.97. The number of carboxylic acid groups (broad SMARTS) is 1. The Morgan fingerprint density at radius 2 is 1.69 bits per heavy atom. The monoisotopic (exact) mass is 376 g/mol. The van der Waals surface area contributed by atoms with Gasteiger partial charge in [-0.05, 0) is 32.8 Å². The van der Waals surface area contributed by atoms with E-state index in [4.69, 9.17) is 9.47 Å². The predicted octanol–water partition coefficient (Wildman–Crippen LogP) is 3.96. The average Bonchev–Trinajstić information content (AvgIpc) is 2.48. The highest BCUT2D eigenvalue weighted by Gasteiger charge is 2.43. The van der Waals surface area contributed by atoms with Gasteiger partial charge in [0.1, 0.15) is 5.60 Å². The lowest BCUT2D eigenvalue weighted by Crippen LogP contribution is -2.36. The maximum absolute atomic E-state index is 13.2. The molecule has 8 heteroatoms. The fraction of sp³-hybridized carbons (Fsp3) is 0.556. The number of hydrogen-bond donors (Lipinski definition) is 1. The van der Waals surface area contributed by atoms with Gasteiger partial charge in [0.25, 0.3) is 0 Å². The van der Waals surface area contributed by atoms with Crippen molar-refractivity contribution in [3.8, 4) is 0 Å². The number of hydrogen-bond acceptors (Lipinski definition) is 4. The van der Waals surface area contributed by atoms with Crippen LogP contribution in [0.25, 0.3) is 0 Å². The minimum absolute atomic E-state index is 0.316. The van der Waals surface area contributed by atoms with E-state index in [9.17, 15) is 27.9 Å². The van der Waals surface area contributed by atoms with Crippen LogP contribution in [0.15, 0.2) is 30.3 Å². The maximum atomic E-state index is 13.2. The quantitative estimate of drug-likeness (QED) is 0.696. The zero-order valence-corrected chi connectivity index (χ0v) is 14.9. The second kappa shape index (κ2) is 9.02. The van der Waals surface area contributed by atoms with Crippen LogP contribution in [-0.4, -0.2) is 34.9 Å². The minimum atomic E-state index is -4.75. The van der Waals surface area contributed by atoms with E-state index in [-0.39, 0.29) is 6.61 Å². The third kappa shape index (κ3) is 8.33. The van der Waals surface area contributed by atoms with Gasteiger partial charge in [-0.1, -0.05) is 30.3 Å². The minimum Gasteiger partial charge on any atom is -0.481 e. The van der Waals surface area contributed by atoms with Crippen LogP contribution in [0, 0.1) is 5.92 Å². The summed E-state index contributed by atoms with van der Waals surface area (Å²) in [5.41, 5.74) is -0.325. The number of carboxylic acids is 1. The van der Waals surface area contributed by atoms with Crippen molar-refractivity contribution in [3.63, 3.8) is 0 Å². The number of esters is 1. The van der Waals surface area contributed by atoms with Gasteiger partial charge in [0, 0.05) is 0 Å². The molecule has 0 bridgehead atoms. The summed E-state index contributed by atoms with van der Waals surface area (Å²) >= 11 is 0. The normalized spacial score (nSPS) is 14.5. The highest BCUT2D eigenvalue weighted by atomic mass is 19.4. The number of ether oxygens (including phenoxy) is 2. The highest BCUT2D eigenvalue weighted by Crippen LogP contribution is 2.30. The first-order valence-electron chi connectivity index (χ1n) is 8.05. The van der Waals surface area contributed by atoms with Gasteiger partial charge in [-0.3, -0.25) is 9.59 Å². The second-order valence-electron chi connectivity index (χ2n) is 6.89. The van der Waals surface area contributed by atoms with Crippen LogP contribution in [0.5, 0.6) is 0 Å². The number of carbonyl (C=O) groups excluding carboxylic acids is 1. The molecule has 0 radical (unpaired) electrons. The number of halogens is 3. The molecule has 0 amide bonds. The van der Waals surface area contributed by atoms with Crippen molar-refractivity contribution >= 4 is 11.9 Å². The summed E-state index contributed by atoms with van der Waals surface area (Å²) < 4.78 is 49.6. The van der Waals surface area contributed by atoms with E-state index in [0.717, 1.165) is 0 Å². The van der Waals surface area contributed by atoms with Crippen LogP contribution in [0.2, 0.25) is 0 Å². The summed E-state index contributed by atoms with van der Waals surface area (Å²) in [6.07, 6.45) is -8.58. The van der Waals surface area contributed by atoms with E-state index in [1.165, 1.54) is 0 Å². The molecule has 0 saturated heterocycles. The molecule has 0 heterocycles. The third-order valence-corrected chi connectivity index (χ3v) is 3.34. The Morgan fingerprint density at radius 1 is 1.12 bits per heavy atom. The number of alkyl halides is 3. The number of rotatable bonds is 8.